The van der Waals surface area contributed by atoms with Crippen LogP contribution in [0.5, 0.6) is 5.75 Å². The number of carboxylic acids is 1. The number of carbonyl (C=O) groups excluding carboxylic acids is 1. The minimum Gasteiger partial charge on any atom is -0.481 e. The van der Waals surface area contributed by atoms with Crippen molar-refractivity contribution in [2.24, 2.45) is 5.10 Å². The molecule has 2 aromatic rings. The van der Waals surface area contributed by atoms with Crippen LogP contribution >= 0.6 is 15.9 Å². The zero-order chi connectivity index (χ0) is 16.7. The average Bonchev–Trinajstić information content (AvgIpc) is 2.53. The molecule has 0 atom stereocenters. The molecular formula is C16H13BrN2O4. The smallest absolute Gasteiger partial charge is 0.341 e. The fourth-order valence-corrected chi connectivity index (χ4v) is 2.11. The third kappa shape index (κ3) is 5.23. The van der Waals surface area contributed by atoms with Crippen molar-refractivity contribution >= 4 is 34.0 Å². The average molecular weight is 377 g/mol. The number of aliphatic carboxylic acids is 1. The Bertz CT molecular complexity index is 746. The van der Waals surface area contributed by atoms with E-state index >= 15 is 0 Å². The fourth-order valence-electron chi connectivity index (χ4n) is 1.71. The van der Waals surface area contributed by atoms with Crippen LogP contribution in [0.3, 0.4) is 0 Å². The molecule has 0 radical (unpaired) electrons. The fraction of sp³-hybridized carbons (Fsp3) is 0.0625. The van der Waals surface area contributed by atoms with Crippen molar-refractivity contribution in [2.75, 3.05) is 6.61 Å². The van der Waals surface area contributed by atoms with Crippen molar-refractivity contribution in [3.8, 4) is 5.75 Å². The molecule has 0 saturated carbocycles. The van der Waals surface area contributed by atoms with Gasteiger partial charge in [0.05, 0.1) is 6.21 Å². The quantitative estimate of drug-likeness (QED) is 0.599. The number of benzene rings is 2. The maximum Gasteiger partial charge on any atom is 0.341 e. The Labute approximate surface area is 140 Å². The van der Waals surface area contributed by atoms with Gasteiger partial charge in [-0.1, -0.05) is 34.1 Å². The molecule has 0 aliphatic rings. The number of carboxylic acid groups (broad SMARTS) is 1. The van der Waals surface area contributed by atoms with E-state index in [-0.39, 0.29) is 5.91 Å². The normalized spacial score (nSPS) is 10.5. The van der Waals surface area contributed by atoms with E-state index in [4.69, 9.17) is 9.84 Å². The van der Waals surface area contributed by atoms with Crippen molar-refractivity contribution in [3.05, 3.63) is 64.1 Å². The number of nitrogens with one attached hydrogen (secondary N) is 1. The third-order valence-corrected chi connectivity index (χ3v) is 3.22. The van der Waals surface area contributed by atoms with Crippen LogP contribution in [0.2, 0.25) is 0 Å². The van der Waals surface area contributed by atoms with E-state index in [0.717, 1.165) is 4.47 Å². The van der Waals surface area contributed by atoms with Gasteiger partial charge in [-0.15, -0.1) is 0 Å². The van der Waals surface area contributed by atoms with Gasteiger partial charge in [0.1, 0.15) is 5.75 Å². The van der Waals surface area contributed by atoms with E-state index in [0.29, 0.717) is 16.9 Å². The predicted octanol–water partition coefficient (Wildman–Crippen LogP) is 2.68. The molecule has 118 valence electrons. The Morgan fingerprint density at radius 1 is 1.22 bits per heavy atom. The Hall–Kier alpha value is -2.67. The summed E-state index contributed by atoms with van der Waals surface area (Å²) in [5.41, 5.74) is 3.43. The molecular weight excluding hydrogens is 364 g/mol. The minimum atomic E-state index is -1.07. The van der Waals surface area contributed by atoms with Gasteiger partial charge in [-0.05, 0) is 30.3 Å². The second-order valence-electron chi connectivity index (χ2n) is 4.43. The molecule has 0 bridgehead atoms. The Morgan fingerprint density at radius 2 is 2.00 bits per heavy atom. The van der Waals surface area contributed by atoms with Crippen molar-refractivity contribution in [3.63, 3.8) is 0 Å². The molecule has 2 N–H and O–H groups in total. The Morgan fingerprint density at radius 3 is 2.74 bits per heavy atom. The molecule has 0 fully saturated rings. The van der Waals surface area contributed by atoms with Gasteiger partial charge in [0, 0.05) is 15.6 Å². The lowest BCUT2D eigenvalue weighted by atomic mass is 10.2. The molecule has 0 aromatic heterocycles. The standard InChI is InChI=1S/C16H13BrN2O4/c17-13-6-3-5-11(8-13)16(22)19-18-9-12-4-1-2-7-14(12)23-10-15(20)21/h1-9H,10H2,(H,19,22)(H,20,21)/b18-9-. The van der Waals surface area contributed by atoms with Gasteiger partial charge in [-0.25, -0.2) is 10.2 Å². The number of carbonyl (C=O) groups is 2. The third-order valence-electron chi connectivity index (χ3n) is 2.73. The molecule has 2 rings (SSSR count). The summed E-state index contributed by atoms with van der Waals surface area (Å²) < 4.78 is 5.94. The highest BCUT2D eigenvalue weighted by Crippen LogP contribution is 2.15. The van der Waals surface area contributed by atoms with Gasteiger partial charge in [0.15, 0.2) is 6.61 Å². The van der Waals surface area contributed by atoms with Crippen LogP contribution in [0.15, 0.2) is 58.1 Å². The Balaban J connectivity index is 2.03. The first-order valence-corrected chi connectivity index (χ1v) is 7.38. The summed E-state index contributed by atoms with van der Waals surface area (Å²) in [6.45, 7) is -0.449. The summed E-state index contributed by atoms with van der Waals surface area (Å²) >= 11 is 3.29. The number of ether oxygens (including phenoxy) is 1. The van der Waals surface area contributed by atoms with Crippen LogP contribution < -0.4 is 10.2 Å². The number of halogens is 1. The second kappa shape index (κ2) is 8.09. The van der Waals surface area contributed by atoms with Gasteiger partial charge in [-0.2, -0.15) is 5.10 Å². The summed E-state index contributed by atoms with van der Waals surface area (Å²) in [5.74, 6) is -1.05. The highest BCUT2D eigenvalue weighted by atomic mass is 79.9. The molecule has 6 nitrogen and oxygen atoms in total. The number of hydrazone groups is 1. The number of hydrogen-bond acceptors (Lipinski definition) is 4. The molecule has 0 aliphatic carbocycles. The monoisotopic (exact) mass is 376 g/mol. The van der Waals surface area contributed by atoms with Crippen LogP contribution in [0.4, 0.5) is 0 Å². The summed E-state index contributed by atoms with van der Waals surface area (Å²) in [6, 6.07) is 13.7. The minimum absolute atomic E-state index is 0.355. The van der Waals surface area contributed by atoms with Gasteiger partial charge < -0.3 is 9.84 Å². The molecule has 0 saturated heterocycles. The van der Waals surface area contributed by atoms with E-state index < -0.39 is 12.6 Å². The highest BCUT2D eigenvalue weighted by molar-refractivity contribution is 9.10. The zero-order valence-corrected chi connectivity index (χ0v) is 13.5. The summed E-state index contributed by atoms with van der Waals surface area (Å²) in [6.07, 6.45) is 1.40. The van der Waals surface area contributed by atoms with Gasteiger partial charge in [0.25, 0.3) is 5.91 Å². The predicted molar refractivity (Wildman–Crippen MR) is 88.8 cm³/mol. The lowest BCUT2D eigenvalue weighted by Crippen LogP contribution is -2.17. The van der Waals surface area contributed by atoms with Crippen molar-refractivity contribution < 1.29 is 19.4 Å². The van der Waals surface area contributed by atoms with Crippen molar-refractivity contribution in [1.82, 2.24) is 5.43 Å². The van der Waals surface area contributed by atoms with Crippen LogP contribution in [-0.2, 0) is 4.79 Å². The van der Waals surface area contributed by atoms with Crippen LogP contribution in [0, 0.1) is 0 Å². The van der Waals surface area contributed by atoms with Crippen LogP contribution in [-0.4, -0.2) is 29.8 Å². The number of hydrogen-bond donors (Lipinski definition) is 2. The number of rotatable bonds is 6. The van der Waals surface area contributed by atoms with E-state index in [1.807, 2.05) is 6.07 Å². The van der Waals surface area contributed by atoms with Crippen molar-refractivity contribution in [1.29, 1.82) is 0 Å². The van der Waals surface area contributed by atoms with E-state index in [9.17, 15) is 9.59 Å². The molecule has 0 heterocycles. The highest BCUT2D eigenvalue weighted by Gasteiger charge is 2.05. The van der Waals surface area contributed by atoms with Crippen molar-refractivity contribution in [2.45, 2.75) is 0 Å². The maximum absolute atomic E-state index is 11.9. The van der Waals surface area contributed by atoms with E-state index in [1.54, 1.807) is 42.5 Å². The number of nitrogens with zero attached hydrogens (tertiary/aromatic N) is 1. The first kappa shape index (κ1) is 16.7. The van der Waals surface area contributed by atoms with Crippen LogP contribution in [0.1, 0.15) is 15.9 Å². The van der Waals surface area contributed by atoms with E-state index in [1.165, 1.54) is 6.21 Å². The molecule has 23 heavy (non-hydrogen) atoms. The second-order valence-corrected chi connectivity index (χ2v) is 5.35. The zero-order valence-electron chi connectivity index (χ0n) is 11.9. The molecule has 0 spiro atoms. The SMILES string of the molecule is O=C(O)COc1ccccc1/C=N\NC(=O)c1cccc(Br)c1. The Kier molecular flexibility index (Phi) is 5.87. The van der Waals surface area contributed by atoms with E-state index in [2.05, 4.69) is 26.5 Å². The van der Waals surface area contributed by atoms with Gasteiger partial charge >= 0.3 is 5.97 Å². The molecule has 1 amide bonds. The van der Waals surface area contributed by atoms with Gasteiger partial charge in [0.2, 0.25) is 0 Å². The molecule has 0 aliphatic heterocycles. The summed E-state index contributed by atoms with van der Waals surface area (Å²) in [7, 11) is 0. The maximum atomic E-state index is 11.9. The van der Waals surface area contributed by atoms with Crippen LogP contribution in [0.25, 0.3) is 0 Å². The summed E-state index contributed by atoms with van der Waals surface area (Å²) in [5, 5.41) is 12.5. The molecule has 7 heteroatoms. The molecule has 2 aromatic carbocycles. The van der Waals surface area contributed by atoms with Gasteiger partial charge in [-0.3, -0.25) is 4.79 Å². The summed E-state index contributed by atoms with van der Waals surface area (Å²) in [4.78, 5) is 22.5. The lowest BCUT2D eigenvalue weighted by molar-refractivity contribution is -0.139. The number of amides is 1. The number of para-hydroxylation sites is 1. The lowest BCUT2D eigenvalue weighted by Gasteiger charge is -2.06. The first-order chi connectivity index (χ1) is 11.1. The molecule has 0 unspecified atom stereocenters. The topological polar surface area (TPSA) is 88.0 Å². The first-order valence-electron chi connectivity index (χ1n) is 6.59. The largest absolute Gasteiger partial charge is 0.481 e.